The van der Waals surface area contributed by atoms with Gasteiger partial charge in [0, 0.05) is 30.5 Å². The number of nitrogens with zero attached hydrogens (tertiary/aromatic N) is 1. The molecule has 0 radical (unpaired) electrons. The van der Waals surface area contributed by atoms with Crippen LogP contribution in [0, 0.1) is 0 Å². The minimum absolute atomic E-state index is 0.0295. The van der Waals surface area contributed by atoms with Crippen molar-refractivity contribution in [3.8, 4) is 0 Å². The highest BCUT2D eigenvalue weighted by Gasteiger charge is 2.33. The molecule has 2 atom stereocenters. The second-order valence-corrected chi connectivity index (χ2v) is 8.07. The van der Waals surface area contributed by atoms with Crippen molar-refractivity contribution in [1.29, 1.82) is 0 Å². The Morgan fingerprint density at radius 1 is 1.40 bits per heavy atom. The number of hydrogen-bond acceptors (Lipinski definition) is 3. The summed E-state index contributed by atoms with van der Waals surface area (Å²) in [6, 6.07) is 7.86. The third kappa shape index (κ3) is 3.16. The molecule has 0 spiro atoms. The minimum atomic E-state index is -1.12. The topological polar surface area (TPSA) is 55.4 Å². The van der Waals surface area contributed by atoms with Crippen molar-refractivity contribution in [2.75, 3.05) is 11.4 Å². The lowest BCUT2D eigenvalue weighted by molar-refractivity contribution is -0.116. The Kier molecular flexibility index (Phi) is 4.42. The minimum Gasteiger partial charge on any atom is -0.598 e. The molecule has 1 aromatic rings. The van der Waals surface area contributed by atoms with Gasteiger partial charge in [-0.25, -0.2) is 0 Å². The highest BCUT2D eigenvalue weighted by molar-refractivity contribution is 7.90. The number of rotatable bonds is 2. The van der Waals surface area contributed by atoms with Crippen LogP contribution in [-0.2, 0) is 16.2 Å². The molecule has 0 fully saturated rings. The van der Waals surface area contributed by atoms with E-state index in [-0.39, 0.29) is 16.7 Å². The van der Waals surface area contributed by atoms with E-state index in [1.54, 1.807) is 11.8 Å². The molecule has 1 heterocycles. The predicted molar refractivity (Wildman–Crippen MR) is 82.9 cm³/mol. The van der Waals surface area contributed by atoms with Crippen LogP contribution in [0.4, 0.5) is 5.69 Å². The lowest BCUT2D eigenvalue weighted by atomic mass is 9.97. The number of benzene rings is 1. The normalized spacial score (nSPS) is 20.4. The Bertz CT molecular complexity index is 499. The first kappa shape index (κ1) is 15.4. The number of carbonyl (C=O) groups excluding carboxylic acids is 1. The van der Waals surface area contributed by atoms with Crippen LogP contribution in [0.3, 0.4) is 0 Å². The van der Waals surface area contributed by atoms with E-state index in [9.17, 15) is 9.35 Å². The van der Waals surface area contributed by atoms with Gasteiger partial charge in [-0.05, 0) is 38.8 Å². The summed E-state index contributed by atoms with van der Waals surface area (Å²) in [7, 11) is 0. The lowest BCUT2D eigenvalue weighted by Crippen LogP contribution is -2.45. The maximum atomic E-state index is 12.3. The molecule has 0 bridgehead atoms. The molecule has 4 nitrogen and oxygen atoms in total. The van der Waals surface area contributed by atoms with Gasteiger partial charge in [0.2, 0.25) is 5.91 Å². The summed E-state index contributed by atoms with van der Waals surface area (Å²) in [5.41, 5.74) is 1.97. The summed E-state index contributed by atoms with van der Waals surface area (Å²) in [6.45, 7) is 8.09. The monoisotopic (exact) mass is 294 g/mol. The number of hydrogen-bond donors (Lipinski definition) is 1. The Hall–Kier alpha value is -1.04. The number of fused-ring (bicyclic) bond motifs is 1. The predicted octanol–water partition coefficient (Wildman–Crippen LogP) is 2.54. The summed E-state index contributed by atoms with van der Waals surface area (Å²) in [5.74, 6) is 0.0489. The summed E-state index contributed by atoms with van der Waals surface area (Å²) in [5, 5.41) is 0. The zero-order chi connectivity index (χ0) is 14.9. The SMILES string of the molecule is CC(=O)N1CCC(N[S@+]([O-])C(C)(C)C)c2ccccc21. The second kappa shape index (κ2) is 5.76. The van der Waals surface area contributed by atoms with E-state index >= 15 is 0 Å². The van der Waals surface area contributed by atoms with E-state index < -0.39 is 11.4 Å². The Morgan fingerprint density at radius 3 is 2.65 bits per heavy atom. The van der Waals surface area contributed by atoms with Gasteiger partial charge in [0.1, 0.15) is 4.75 Å². The van der Waals surface area contributed by atoms with E-state index in [0.29, 0.717) is 6.54 Å². The highest BCUT2D eigenvalue weighted by Crippen LogP contribution is 2.34. The largest absolute Gasteiger partial charge is 0.598 e. The third-order valence-corrected chi connectivity index (χ3v) is 5.04. The van der Waals surface area contributed by atoms with Crippen LogP contribution < -0.4 is 9.62 Å². The molecular formula is C15H22N2O2S. The number of para-hydroxylation sites is 1. The van der Waals surface area contributed by atoms with Crippen LogP contribution >= 0.6 is 0 Å². The maximum absolute atomic E-state index is 12.3. The van der Waals surface area contributed by atoms with Crippen LogP contribution in [0.5, 0.6) is 0 Å². The third-order valence-electron chi connectivity index (χ3n) is 3.43. The van der Waals surface area contributed by atoms with Gasteiger partial charge in [-0.1, -0.05) is 18.2 Å². The maximum Gasteiger partial charge on any atom is 0.223 e. The van der Waals surface area contributed by atoms with Crippen LogP contribution in [0.15, 0.2) is 24.3 Å². The van der Waals surface area contributed by atoms with E-state index in [2.05, 4.69) is 4.72 Å². The van der Waals surface area contributed by atoms with Crippen LogP contribution in [0.25, 0.3) is 0 Å². The van der Waals surface area contributed by atoms with Crippen LogP contribution in [-0.4, -0.2) is 21.8 Å². The van der Waals surface area contributed by atoms with Gasteiger partial charge in [0.05, 0.1) is 6.04 Å². The van der Waals surface area contributed by atoms with Crippen molar-refractivity contribution >= 4 is 23.0 Å². The first-order valence-corrected chi connectivity index (χ1v) is 8.01. The Labute approximate surface area is 123 Å². The van der Waals surface area contributed by atoms with Gasteiger partial charge in [0.15, 0.2) is 0 Å². The summed E-state index contributed by atoms with van der Waals surface area (Å²) in [4.78, 5) is 13.5. The average Bonchev–Trinajstić information content (AvgIpc) is 2.37. The van der Waals surface area contributed by atoms with Gasteiger partial charge in [-0.2, -0.15) is 0 Å². The molecule has 1 unspecified atom stereocenters. The zero-order valence-corrected chi connectivity index (χ0v) is 13.3. The first-order chi connectivity index (χ1) is 9.30. The smallest absolute Gasteiger partial charge is 0.223 e. The van der Waals surface area contributed by atoms with Crippen LogP contribution in [0.2, 0.25) is 0 Å². The summed E-state index contributed by atoms with van der Waals surface area (Å²) in [6.07, 6.45) is 0.776. The molecular weight excluding hydrogens is 272 g/mol. The average molecular weight is 294 g/mol. The molecule has 0 saturated heterocycles. The van der Waals surface area contributed by atoms with Gasteiger partial charge in [-0.3, -0.25) is 4.79 Å². The fourth-order valence-corrected chi connectivity index (χ4v) is 3.17. The number of nitrogens with one attached hydrogen (secondary N) is 1. The molecule has 0 aliphatic carbocycles. The van der Waals surface area contributed by atoms with E-state index in [1.165, 1.54) is 0 Å². The fraction of sp³-hybridized carbons (Fsp3) is 0.533. The number of anilines is 1. The molecule has 1 amide bonds. The van der Waals surface area contributed by atoms with Crippen molar-refractivity contribution in [3.63, 3.8) is 0 Å². The van der Waals surface area contributed by atoms with E-state index in [1.807, 2.05) is 45.0 Å². The molecule has 5 heteroatoms. The van der Waals surface area contributed by atoms with Crippen LogP contribution in [0.1, 0.15) is 45.7 Å². The van der Waals surface area contributed by atoms with Crippen molar-refractivity contribution in [1.82, 2.24) is 4.72 Å². The fourth-order valence-electron chi connectivity index (χ4n) is 2.32. The summed E-state index contributed by atoms with van der Waals surface area (Å²) < 4.78 is 15.2. The molecule has 0 saturated carbocycles. The Morgan fingerprint density at radius 2 is 2.05 bits per heavy atom. The number of amides is 1. The van der Waals surface area contributed by atoms with Gasteiger partial charge in [0.25, 0.3) is 0 Å². The quantitative estimate of drug-likeness (QED) is 0.853. The highest BCUT2D eigenvalue weighted by atomic mass is 32.2. The Balaban J connectivity index is 2.26. The standard InChI is InChI=1S/C15H22N2O2S/c1-11(18)17-10-9-13(16-20(19)15(2,3)4)12-7-5-6-8-14(12)17/h5-8,13,16H,9-10H2,1-4H3/t13?,20-/m1/s1. The second-order valence-electron chi connectivity index (χ2n) is 6.07. The molecule has 1 aromatic carbocycles. The lowest BCUT2D eigenvalue weighted by Gasteiger charge is -2.35. The molecule has 0 aromatic heterocycles. The van der Waals surface area contributed by atoms with Crippen molar-refractivity contribution in [2.45, 2.75) is 44.9 Å². The zero-order valence-electron chi connectivity index (χ0n) is 12.5. The van der Waals surface area contributed by atoms with E-state index in [0.717, 1.165) is 17.7 Å². The first-order valence-electron chi connectivity index (χ1n) is 6.86. The van der Waals surface area contributed by atoms with Gasteiger partial charge < -0.3 is 9.45 Å². The molecule has 110 valence electrons. The molecule has 1 N–H and O–H groups in total. The van der Waals surface area contributed by atoms with Crippen molar-refractivity contribution in [3.05, 3.63) is 29.8 Å². The van der Waals surface area contributed by atoms with E-state index in [4.69, 9.17) is 0 Å². The summed E-state index contributed by atoms with van der Waals surface area (Å²) >= 11 is -1.12. The molecule has 1 aliphatic heterocycles. The number of carbonyl (C=O) groups is 1. The van der Waals surface area contributed by atoms with Gasteiger partial charge >= 0.3 is 0 Å². The molecule has 1 aliphatic rings. The molecule has 20 heavy (non-hydrogen) atoms. The van der Waals surface area contributed by atoms with Crippen molar-refractivity contribution < 1.29 is 9.35 Å². The van der Waals surface area contributed by atoms with Crippen molar-refractivity contribution in [2.24, 2.45) is 0 Å². The van der Waals surface area contributed by atoms with Gasteiger partial charge in [-0.15, -0.1) is 4.72 Å². The molecule has 2 rings (SSSR count).